The monoisotopic (exact) mass is 557 g/mol. The number of rotatable bonds is 6. The van der Waals surface area contributed by atoms with E-state index in [0.29, 0.717) is 5.69 Å². The van der Waals surface area contributed by atoms with Gasteiger partial charge in [-0.2, -0.15) is 5.48 Å². The fourth-order valence-electron chi connectivity index (χ4n) is 5.38. The number of aryl methyl sites for hydroxylation is 3. The molecular weight excluding hydrogens is 518 g/mol. The highest BCUT2D eigenvalue weighted by atomic mass is 16.7. The van der Waals surface area contributed by atoms with Gasteiger partial charge in [0, 0.05) is 5.69 Å². The van der Waals surface area contributed by atoms with Crippen LogP contribution in [0.5, 0.6) is 5.75 Å². The lowest BCUT2D eigenvalue weighted by atomic mass is 9.91. The zero-order chi connectivity index (χ0) is 29.4. The van der Waals surface area contributed by atoms with Crippen LogP contribution >= 0.6 is 0 Å². The lowest BCUT2D eigenvalue weighted by Gasteiger charge is -2.19. The van der Waals surface area contributed by atoms with E-state index in [2.05, 4.69) is 16.1 Å². The van der Waals surface area contributed by atoms with Gasteiger partial charge in [0.1, 0.15) is 5.75 Å². The molecule has 1 aliphatic rings. The molecule has 1 aliphatic carbocycles. The molecule has 216 valence electrons. The quantitative estimate of drug-likeness (QED) is 0.273. The number of amides is 3. The van der Waals surface area contributed by atoms with E-state index in [-0.39, 0.29) is 17.2 Å². The zero-order valence-electron chi connectivity index (χ0n) is 24.3. The Hall–Kier alpha value is -4.33. The summed E-state index contributed by atoms with van der Waals surface area (Å²) >= 11 is 0. The van der Waals surface area contributed by atoms with Crippen molar-refractivity contribution in [2.75, 3.05) is 17.7 Å². The van der Waals surface area contributed by atoms with Gasteiger partial charge < -0.3 is 20.2 Å². The number of methoxy groups -OCH3 is 1. The van der Waals surface area contributed by atoms with Gasteiger partial charge in [-0.25, -0.2) is 9.59 Å². The highest BCUT2D eigenvalue weighted by molar-refractivity contribution is 6.07. The average Bonchev–Trinajstić information content (AvgIpc) is 2.93. The number of carbonyl (C=O) groups is 3. The van der Waals surface area contributed by atoms with E-state index in [1.165, 1.54) is 6.42 Å². The molecule has 0 bridgehead atoms. The summed E-state index contributed by atoms with van der Waals surface area (Å²) < 4.78 is 5.26. The number of hydrogen-bond acceptors (Lipinski definition) is 5. The van der Waals surface area contributed by atoms with Crippen LogP contribution in [0.2, 0.25) is 0 Å². The Kier molecular flexibility index (Phi) is 10.0. The first-order valence-electron chi connectivity index (χ1n) is 14.2. The fourth-order valence-corrected chi connectivity index (χ4v) is 5.38. The molecule has 0 saturated heterocycles. The number of benzene rings is 3. The standard InChI is InChI=1S/C33H39N3O5/c1-21-18-22(2)30(23(3)19-21)35-33(39)34-29-20-26(24-12-15-27(40-4)16-13-24)14-17-28(29)31(37)36-41-32(38)25-10-8-6-5-7-9-11-25/h12-20,25H,5-11H2,1-4H3,(H,36,37)(H2,34,35,39). The minimum atomic E-state index is -0.622. The molecule has 4 rings (SSSR count). The molecule has 3 aromatic carbocycles. The molecule has 0 heterocycles. The maximum atomic E-state index is 13.2. The maximum absolute atomic E-state index is 13.2. The molecule has 1 saturated carbocycles. The van der Waals surface area contributed by atoms with Crippen molar-refractivity contribution in [1.29, 1.82) is 0 Å². The van der Waals surface area contributed by atoms with E-state index in [1.54, 1.807) is 25.3 Å². The molecule has 0 radical (unpaired) electrons. The third kappa shape index (κ3) is 7.87. The Labute approximate surface area is 241 Å². The van der Waals surface area contributed by atoms with Crippen LogP contribution in [-0.4, -0.2) is 25.0 Å². The third-order valence-corrected chi connectivity index (χ3v) is 7.53. The zero-order valence-corrected chi connectivity index (χ0v) is 24.3. The van der Waals surface area contributed by atoms with E-state index in [1.807, 2.05) is 57.2 Å². The molecule has 41 heavy (non-hydrogen) atoms. The maximum Gasteiger partial charge on any atom is 0.335 e. The number of urea groups is 1. The first kappa shape index (κ1) is 29.6. The molecule has 3 N–H and O–H groups in total. The third-order valence-electron chi connectivity index (χ3n) is 7.53. The number of anilines is 2. The van der Waals surface area contributed by atoms with Gasteiger partial charge in [0.15, 0.2) is 0 Å². The van der Waals surface area contributed by atoms with E-state index < -0.39 is 17.9 Å². The molecule has 0 aromatic heterocycles. The first-order chi connectivity index (χ1) is 19.7. The Morgan fingerprint density at radius 1 is 0.756 bits per heavy atom. The average molecular weight is 558 g/mol. The van der Waals surface area contributed by atoms with Crippen LogP contribution in [0.1, 0.15) is 72.0 Å². The lowest BCUT2D eigenvalue weighted by Crippen LogP contribution is -2.32. The van der Waals surface area contributed by atoms with Crippen LogP contribution < -0.4 is 20.9 Å². The molecule has 3 aromatic rings. The van der Waals surface area contributed by atoms with Crippen molar-refractivity contribution in [3.05, 3.63) is 76.9 Å². The Morgan fingerprint density at radius 2 is 1.37 bits per heavy atom. The van der Waals surface area contributed by atoms with Crippen LogP contribution in [0.4, 0.5) is 16.2 Å². The minimum absolute atomic E-state index is 0.167. The normalized spacial score (nSPS) is 13.9. The molecule has 1 fully saturated rings. The number of carbonyl (C=O) groups excluding carboxylic acids is 3. The van der Waals surface area contributed by atoms with Gasteiger partial charge in [0.2, 0.25) is 0 Å². The molecule has 8 nitrogen and oxygen atoms in total. The van der Waals surface area contributed by atoms with Crippen molar-refractivity contribution in [3.8, 4) is 16.9 Å². The van der Waals surface area contributed by atoms with Crippen LogP contribution in [-0.2, 0) is 9.63 Å². The fraction of sp³-hybridized carbons (Fsp3) is 0.364. The van der Waals surface area contributed by atoms with Crippen LogP contribution in [0, 0.1) is 26.7 Å². The number of nitrogens with one attached hydrogen (secondary N) is 3. The van der Waals surface area contributed by atoms with Gasteiger partial charge in [-0.3, -0.25) is 4.79 Å². The van der Waals surface area contributed by atoms with E-state index in [9.17, 15) is 14.4 Å². The van der Waals surface area contributed by atoms with E-state index in [4.69, 9.17) is 9.57 Å². The van der Waals surface area contributed by atoms with Crippen molar-refractivity contribution >= 4 is 29.3 Å². The van der Waals surface area contributed by atoms with E-state index >= 15 is 0 Å². The summed E-state index contributed by atoms with van der Waals surface area (Å²) in [4.78, 5) is 44.3. The number of hydrogen-bond donors (Lipinski definition) is 3. The van der Waals surface area contributed by atoms with Gasteiger partial charge >= 0.3 is 12.0 Å². The van der Waals surface area contributed by atoms with Gasteiger partial charge in [0.05, 0.1) is 24.3 Å². The Morgan fingerprint density at radius 3 is 2.00 bits per heavy atom. The van der Waals surface area contributed by atoms with Crippen molar-refractivity contribution in [2.24, 2.45) is 5.92 Å². The molecule has 0 unspecified atom stereocenters. The second-order valence-corrected chi connectivity index (χ2v) is 10.7. The first-order valence-corrected chi connectivity index (χ1v) is 14.2. The highest BCUT2D eigenvalue weighted by Crippen LogP contribution is 2.29. The summed E-state index contributed by atoms with van der Waals surface area (Å²) in [6.07, 6.45) is 6.88. The van der Waals surface area contributed by atoms with Crippen LogP contribution in [0.3, 0.4) is 0 Å². The molecule has 3 amide bonds. The number of hydroxylamine groups is 1. The molecule has 0 spiro atoms. The molecule has 8 heteroatoms. The van der Waals surface area contributed by atoms with Gasteiger partial charge in [0.25, 0.3) is 5.91 Å². The molecule has 0 atom stereocenters. The van der Waals surface area contributed by atoms with Crippen molar-refractivity contribution in [3.63, 3.8) is 0 Å². The van der Waals surface area contributed by atoms with Crippen LogP contribution in [0.25, 0.3) is 11.1 Å². The van der Waals surface area contributed by atoms with Gasteiger partial charge in [-0.05, 0) is 80.1 Å². The van der Waals surface area contributed by atoms with Crippen molar-refractivity contribution < 1.29 is 24.0 Å². The largest absolute Gasteiger partial charge is 0.497 e. The topological polar surface area (TPSA) is 106 Å². The van der Waals surface area contributed by atoms with Crippen LogP contribution in [0.15, 0.2) is 54.6 Å². The van der Waals surface area contributed by atoms with Crippen molar-refractivity contribution in [2.45, 2.75) is 65.7 Å². The summed E-state index contributed by atoms with van der Waals surface area (Å²) in [5.74, 6) is -0.550. The SMILES string of the molecule is COc1ccc(-c2ccc(C(=O)NOC(=O)C3CCCCCCC3)c(NC(=O)Nc3c(C)cc(C)cc3C)c2)cc1. The summed E-state index contributed by atoms with van der Waals surface area (Å²) in [6.45, 7) is 5.87. The summed E-state index contributed by atoms with van der Waals surface area (Å²) in [5, 5.41) is 5.75. The predicted octanol–water partition coefficient (Wildman–Crippen LogP) is 7.48. The Balaban J connectivity index is 1.55. The summed E-state index contributed by atoms with van der Waals surface area (Å²) in [6, 6.07) is 16.1. The smallest absolute Gasteiger partial charge is 0.335 e. The Bertz CT molecular complexity index is 1370. The van der Waals surface area contributed by atoms with Crippen molar-refractivity contribution in [1.82, 2.24) is 5.48 Å². The summed E-state index contributed by atoms with van der Waals surface area (Å²) in [7, 11) is 1.60. The summed E-state index contributed by atoms with van der Waals surface area (Å²) in [5.41, 5.74) is 8.10. The second kappa shape index (κ2) is 13.8. The van der Waals surface area contributed by atoms with Gasteiger partial charge in [-0.1, -0.05) is 68.0 Å². The molecular formula is C33H39N3O5. The predicted molar refractivity (Wildman–Crippen MR) is 161 cm³/mol. The highest BCUT2D eigenvalue weighted by Gasteiger charge is 2.23. The van der Waals surface area contributed by atoms with Gasteiger partial charge in [-0.15, -0.1) is 0 Å². The minimum Gasteiger partial charge on any atom is -0.497 e. The lowest BCUT2D eigenvalue weighted by molar-refractivity contribution is -0.154. The second-order valence-electron chi connectivity index (χ2n) is 10.7. The number of ether oxygens (including phenoxy) is 1. The molecule has 0 aliphatic heterocycles. The van der Waals surface area contributed by atoms with E-state index in [0.717, 1.165) is 72.1 Å².